The molecule has 6 rings (SSSR count). The van der Waals surface area contributed by atoms with Gasteiger partial charge in [-0.05, 0) is 61.8 Å². The van der Waals surface area contributed by atoms with Crippen molar-refractivity contribution in [2.75, 3.05) is 0 Å². The summed E-state index contributed by atoms with van der Waals surface area (Å²) >= 11 is 0. The summed E-state index contributed by atoms with van der Waals surface area (Å²) in [5.41, 5.74) is 0.847. The van der Waals surface area contributed by atoms with Crippen LogP contribution in [0.25, 0.3) is 22.1 Å². The summed E-state index contributed by atoms with van der Waals surface area (Å²) in [6.07, 6.45) is 2.87. The first-order chi connectivity index (χ1) is 19.1. The van der Waals surface area contributed by atoms with Gasteiger partial charge in [0.25, 0.3) is 5.91 Å². The Morgan fingerprint density at radius 1 is 0.975 bits per heavy atom. The summed E-state index contributed by atoms with van der Waals surface area (Å²) in [5.74, 6) is -0.386. The maximum Gasteiger partial charge on any atom is 0.287 e. The number of furan rings is 1. The Morgan fingerprint density at radius 2 is 1.65 bits per heavy atom. The molecule has 1 atom stereocenters. The van der Waals surface area contributed by atoms with Crippen LogP contribution in [0, 0.1) is 16.7 Å². The van der Waals surface area contributed by atoms with E-state index < -0.39 is 28.3 Å². The monoisotopic (exact) mass is 556 g/mol. The number of rotatable bonds is 6. The summed E-state index contributed by atoms with van der Waals surface area (Å²) < 4.78 is 20.5. The number of hydrogen-bond donors (Lipinski definition) is 3. The molecule has 1 unspecified atom stereocenters. The lowest BCUT2D eigenvalue weighted by atomic mass is 9.79. The number of carbonyl (C=O) groups excluding carboxylic acids is 2. The fraction of sp³-hybridized carbons (Fsp3) is 0.310. The Labute approximate surface area is 231 Å². The molecule has 2 heterocycles. The van der Waals surface area contributed by atoms with Gasteiger partial charge in [-0.15, -0.1) is 0 Å². The van der Waals surface area contributed by atoms with Gasteiger partial charge in [-0.25, -0.2) is 14.4 Å². The lowest BCUT2D eigenvalue weighted by Gasteiger charge is -2.41. The van der Waals surface area contributed by atoms with Crippen molar-refractivity contribution >= 4 is 49.9 Å². The number of benzene rings is 2. The molecule has 0 bridgehead atoms. The van der Waals surface area contributed by atoms with Crippen molar-refractivity contribution in [3.63, 3.8) is 0 Å². The van der Waals surface area contributed by atoms with Gasteiger partial charge in [0.05, 0.1) is 12.3 Å². The van der Waals surface area contributed by atoms with Crippen LogP contribution in [0.15, 0.2) is 62.9 Å². The number of nitrogens with zero attached hydrogens (tertiary/aromatic N) is 3. The number of hydrogen-bond acceptors (Lipinski definition) is 6. The van der Waals surface area contributed by atoms with Crippen LogP contribution >= 0.6 is 9.24 Å². The van der Waals surface area contributed by atoms with Crippen LogP contribution in [-0.4, -0.2) is 46.2 Å². The van der Waals surface area contributed by atoms with Gasteiger partial charge in [0.15, 0.2) is 17.4 Å². The first kappa shape index (κ1) is 26.0. The van der Waals surface area contributed by atoms with Crippen LogP contribution in [0.3, 0.4) is 0 Å². The smallest absolute Gasteiger partial charge is 0.287 e. The lowest BCUT2D eigenvalue weighted by molar-refractivity contribution is -0.130. The van der Waals surface area contributed by atoms with Gasteiger partial charge in [-0.2, -0.15) is 5.26 Å². The largest absolute Gasteiger partial charge is 0.451 e. The molecular formula is C29H26FN6O3P. The second-order valence-corrected chi connectivity index (χ2v) is 11.8. The normalized spacial score (nSPS) is 24.8. The Morgan fingerprint density at radius 3 is 2.27 bits per heavy atom. The summed E-state index contributed by atoms with van der Waals surface area (Å²) in [5, 5.41) is 21.8. The van der Waals surface area contributed by atoms with E-state index in [1.54, 1.807) is 6.07 Å². The minimum Gasteiger partial charge on any atom is -0.451 e. The first-order valence-electron chi connectivity index (χ1n) is 13.0. The van der Waals surface area contributed by atoms with Crippen LogP contribution < -0.4 is 10.6 Å². The Bertz CT molecular complexity index is 1650. The highest BCUT2D eigenvalue weighted by atomic mass is 31.0. The average Bonchev–Trinajstić information content (AvgIpc) is 3.36. The number of carbonyl (C=O) groups is 2. The van der Waals surface area contributed by atoms with Gasteiger partial charge in [-0.3, -0.25) is 15.0 Å². The van der Waals surface area contributed by atoms with E-state index in [9.17, 15) is 19.2 Å². The number of amides is 2. The molecular weight excluding hydrogens is 530 g/mol. The number of aliphatic imine (C=N–C) groups is 2. The number of nitriles is 1. The van der Waals surface area contributed by atoms with Crippen LogP contribution in [0.5, 0.6) is 0 Å². The average molecular weight is 557 g/mol. The third kappa shape index (κ3) is 4.93. The maximum atomic E-state index is 14.6. The Hall–Kier alpha value is -4.22. The molecule has 0 spiro atoms. The van der Waals surface area contributed by atoms with E-state index in [0.717, 1.165) is 22.1 Å². The number of halogens is 1. The van der Waals surface area contributed by atoms with Crippen LogP contribution in [0.2, 0.25) is 0 Å². The van der Waals surface area contributed by atoms with Crippen molar-refractivity contribution in [2.45, 2.75) is 55.0 Å². The number of alkyl halides is 1. The van der Waals surface area contributed by atoms with E-state index in [2.05, 4.69) is 35.9 Å². The highest BCUT2D eigenvalue weighted by Crippen LogP contribution is 2.43. The van der Waals surface area contributed by atoms with Gasteiger partial charge in [0.1, 0.15) is 22.1 Å². The molecule has 3 aliphatic rings. The van der Waals surface area contributed by atoms with E-state index >= 15 is 0 Å². The minimum absolute atomic E-state index is 0.0404. The van der Waals surface area contributed by atoms with Crippen molar-refractivity contribution in [1.82, 2.24) is 10.6 Å². The molecule has 3 aromatic rings. The molecule has 202 valence electrons. The van der Waals surface area contributed by atoms with Gasteiger partial charge >= 0.3 is 0 Å². The van der Waals surface area contributed by atoms with Gasteiger partial charge in [0, 0.05) is 10.9 Å². The molecule has 0 saturated heterocycles. The van der Waals surface area contributed by atoms with E-state index in [1.165, 1.54) is 6.21 Å². The quantitative estimate of drug-likeness (QED) is 0.379. The van der Waals surface area contributed by atoms with E-state index in [4.69, 9.17) is 9.83 Å². The maximum absolute atomic E-state index is 14.6. The zero-order valence-corrected chi connectivity index (χ0v) is 22.6. The second kappa shape index (κ2) is 9.46. The molecule has 2 aromatic carbocycles. The molecule has 40 heavy (non-hydrogen) atoms. The molecule has 9 nitrogen and oxygen atoms in total. The third-order valence-corrected chi connectivity index (χ3v) is 8.37. The van der Waals surface area contributed by atoms with Crippen molar-refractivity contribution in [2.24, 2.45) is 9.98 Å². The molecule has 2 saturated carbocycles. The highest BCUT2D eigenvalue weighted by Gasteiger charge is 2.52. The molecule has 1 aliphatic heterocycles. The topological polar surface area (TPSA) is 144 Å². The molecule has 2 amide bonds. The molecule has 2 aliphatic carbocycles. The summed E-state index contributed by atoms with van der Waals surface area (Å²) in [7, 11) is 2.20. The molecule has 1 aromatic heterocycles. The fourth-order valence-electron chi connectivity index (χ4n) is 5.07. The first-order valence-corrected chi connectivity index (χ1v) is 13.6. The zero-order chi connectivity index (χ0) is 28.1. The standard InChI is InChI=1S/C29H26FN6O3P/c30-29(40)11-9-28(10-12-29,26(38)36-27(16-31)7-8-27)35-25(37)22-14-20-6-5-19(13-21(20)39-22)17-1-3-18(4-2-17)24-33-15-23(32)34-24/h1-6,13-15,32H,7-12,40H2,(H,35,37)(H,36,38). The lowest BCUT2D eigenvalue weighted by Crippen LogP contribution is -2.62. The van der Waals surface area contributed by atoms with E-state index in [0.29, 0.717) is 24.3 Å². The number of amidine groups is 2. The van der Waals surface area contributed by atoms with Gasteiger partial charge in [0.2, 0.25) is 5.91 Å². The number of nitrogens with one attached hydrogen (secondary N) is 3. The summed E-state index contributed by atoms with van der Waals surface area (Å²) in [6, 6.07) is 16.9. The van der Waals surface area contributed by atoms with Crippen molar-refractivity contribution in [1.29, 1.82) is 10.7 Å². The summed E-state index contributed by atoms with van der Waals surface area (Å²) in [4.78, 5) is 34.9. The van der Waals surface area contributed by atoms with Crippen LogP contribution in [0.4, 0.5) is 4.39 Å². The second-order valence-electron chi connectivity index (χ2n) is 10.7. The van der Waals surface area contributed by atoms with Crippen molar-refractivity contribution in [3.05, 3.63) is 59.9 Å². The van der Waals surface area contributed by atoms with Crippen LogP contribution in [0.1, 0.15) is 54.6 Å². The fourth-order valence-corrected chi connectivity index (χ4v) is 5.36. The van der Waals surface area contributed by atoms with Gasteiger partial charge < -0.3 is 15.1 Å². The molecule has 11 heteroatoms. The SMILES string of the molecule is N#CC1(NC(=O)C2(NC(=O)c3cc4ccc(-c5ccc(C6=NC(=N)C=N6)cc5)cc4o3)CCC(F)(P)CC2)CC1. The zero-order valence-electron chi connectivity index (χ0n) is 21.5. The predicted molar refractivity (Wildman–Crippen MR) is 152 cm³/mol. The van der Waals surface area contributed by atoms with Crippen molar-refractivity contribution < 1.29 is 18.4 Å². The Balaban J connectivity index is 1.23. The molecule has 2 fully saturated rings. The number of fused-ring (bicyclic) bond motifs is 1. The van der Waals surface area contributed by atoms with E-state index in [-0.39, 0.29) is 37.3 Å². The van der Waals surface area contributed by atoms with E-state index in [1.807, 2.05) is 42.5 Å². The highest BCUT2D eigenvalue weighted by molar-refractivity contribution is 7.18. The Kier molecular flexibility index (Phi) is 6.15. The third-order valence-electron chi connectivity index (χ3n) is 7.79. The predicted octanol–water partition coefficient (Wildman–Crippen LogP) is 4.66. The minimum atomic E-state index is -1.50. The molecule has 3 N–H and O–H groups in total. The van der Waals surface area contributed by atoms with Crippen LogP contribution in [-0.2, 0) is 4.79 Å². The molecule has 0 radical (unpaired) electrons. The van der Waals surface area contributed by atoms with Crippen molar-refractivity contribution in [3.8, 4) is 17.2 Å². The van der Waals surface area contributed by atoms with Gasteiger partial charge in [-0.1, -0.05) is 45.6 Å². The summed E-state index contributed by atoms with van der Waals surface area (Å²) in [6.45, 7) is 0.